The fourth-order valence-electron chi connectivity index (χ4n) is 4.28. The lowest BCUT2D eigenvalue weighted by molar-refractivity contribution is -0.113. The third-order valence-corrected chi connectivity index (χ3v) is 8.23. The smallest absolute Gasteiger partial charge is 0.268 e. The molecule has 1 aliphatic carbocycles. The lowest BCUT2D eigenvalue weighted by atomic mass is 9.95. The zero-order valence-corrected chi connectivity index (χ0v) is 19.5. The Morgan fingerprint density at radius 3 is 2.80 bits per heavy atom. The molecular weight excluding hydrogens is 414 g/mol. The number of nitrogens with one attached hydrogen (secondary N) is 1. The molecule has 0 radical (unpaired) electrons. The van der Waals surface area contributed by atoms with Gasteiger partial charge < -0.3 is 5.32 Å². The highest BCUT2D eigenvalue weighted by Crippen LogP contribution is 2.37. The SMILES string of the molecule is Cc1cccc(NC(=O)CSc2nc3c(c(=O)n2C2CCCCC2)SC(C)C3)c1C. The van der Waals surface area contributed by atoms with Crippen molar-refractivity contribution in [3.63, 3.8) is 0 Å². The third-order valence-electron chi connectivity index (χ3n) is 6.06. The minimum absolute atomic E-state index is 0.0682. The molecular formula is C23H29N3O2S2. The minimum atomic E-state index is -0.0682. The summed E-state index contributed by atoms with van der Waals surface area (Å²) in [5.74, 6) is 0.176. The molecule has 1 fully saturated rings. The number of carbonyl (C=O) groups excluding carboxylic acids is 1. The van der Waals surface area contributed by atoms with E-state index in [9.17, 15) is 9.59 Å². The zero-order valence-electron chi connectivity index (χ0n) is 17.9. The molecule has 160 valence electrons. The second-order valence-electron chi connectivity index (χ2n) is 8.35. The molecule has 1 atom stereocenters. The predicted molar refractivity (Wildman–Crippen MR) is 125 cm³/mol. The molecule has 0 bridgehead atoms. The molecule has 4 rings (SSSR count). The van der Waals surface area contributed by atoms with Gasteiger partial charge in [-0.3, -0.25) is 14.2 Å². The number of aryl methyl sites for hydroxylation is 1. The fourth-order valence-corrected chi connectivity index (χ4v) is 6.26. The van der Waals surface area contributed by atoms with Crippen LogP contribution in [0.3, 0.4) is 0 Å². The summed E-state index contributed by atoms with van der Waals surface area (Å²) >= 11 is 3.04. The molecule has 2 aliphatic rings. The number of carbonyl (C=O) groups is 1. The molecule has 5 nitrogen and oxygen atoms in total. The van der Waals surface area contributed by atoms with Gasteiger partial charge in [-0.05, 0) is 43.9 Å². The van der Waals surface area contributed by atoms with E-state index in [0.29, 0.717) is 10.4 Å². The molecule has 2 aromatic rings. The fraction of sp³-hybridized carbons (Fsp3) is 0.522. The maximum atomic E-state index is 13.3. The van der Waals surface area contributed by atoms with E-state index in [1.807, 2.05) is 36.6 Å². The molecule has 0 saturated heterocycles. The van der Waals surface area contributed by atoms with Gasteiger partial charge in [0, 0.05) is 23.4 Å². The molecule has 1 aromatic carbocycles. The number of hydrogen-bond acceptors (Lipinski definition) is 5. The Morgan fingerprint density at radius 1 is 1.27 bits per heavy atom. The molecule has 2 heterocycles. The summed E-state index contributed by atoms with van der Waals surface area (Å²) in [6, 6.07) is 6.11. The van der Waals surface area contributed by atoms with Crippen LogP contribution >= 0.6 is 23.5 Å². The van der Waals surface area contributed by atoms with E-state index in [0.717, 1.165) is 59.5 Å². The average molecular weight is 444 g/mol. The van der Waals surface area contributed by atoms with Crippen LogP contribution < -0.4 is 10.9 Å². The van der Waals surface area contributed by atoms with Crippen molar-refractivity contribution in [2.24, 2.45) is 0 Å². The van der Waals surface area contributed by atoms with Crippen molar-refractivity contribution >= 4 is 35.1 Å². The van der Waals surface area contributed by atoms with Crippen molar-refractivity contribution in [3.8, 4) is 0 Å². The maximum Gasteiger partial charge on any atom is 0.268 e. The number of benzene rings is 1. The van der Waals surface area contributed by atoms with E-state index in [1.165, 1.54) is 18.2 Å². The first kappa shape index (κ1) is 21.5. The van der Waals surface area contributed by atoms with E-state index in [2.05, 4.69) is 12.2 Å². The van der Waals surface area contributed by atoms with Gasteiger partial charge in [-0.25, -0.2) is 4.98 Å². The lowest BCUT2D eigenvalue weighted by Gasteiger charge is -2.26. The molecule has 7 heteroatoms. The van der Waals surface area contributed by atoms with Crippen molar-refractivity contribution in [1.29, 1.82) is 0 Å². The largest absolute Gasteiger partial charge is 0.325 e. The van der Waals surface area contributed by atoms with Crippen LogP contribution in [-0.2, 0) is 11.2 Å². The van der Waals surface area contributed by atoms with Crippen molar-refractivity contribution in [3.05, 3.63) is 45.4 Å². The minimum Gasteiger partial charge on any atom is -0.325 e. The Morgan fingerprint density at radius 2 is 2.03 bits per heavy atom. The second kappa shape index (κ2) is 9.18. The number of hydrogen-bond donors (Lipinski definition) is 1. The van der Waals surface area contributed by atoms with E-state index in [-0.39, 0.29) is 23.3 Å². The number of nitrogens with zero attached hydrogens (tertiary/aromatic N) is 2. The molecule has 1 saturated carbocycles. The number of aromatic nitrogens is 2. The summed E-state index contributed by atoms with van der Waals surface area (Å²) in [5.41, 5.74) is 4.08. The Labute approximate surface area is 186 Å². The lowest BCUT2D eigenvalue weighted by Crippen LogP contribution is -2.30. The quantitative estimate of drug-likeness (QED) is 0.512. The predicted octanol–water partition coefficient (Wildman–Crippen LogP) is 5.13. The maximum absolute atomic E-state index is 13.3. The molecule has 30 heavy (non-hydrogen) atoms. The molecule has 1 unspecified atom stereocenters. The van der Waals surface area contributed by atoms with Gasteiger partial charge >= 0.3 is 0 Å². The highest BCUT2D eigenvalue weighted by atomic mass is 32.2. The van der Waals surface area contributed by atoms with Gasteiger partial charge in [-0.1, -0.05) is 50.1 Å². The van der Waals surface area contributed by atoms with Crippen LogP contribution in [0.25, 0.3) is 0 Å². The summed E-state index contributed by atoms with van der Waals surface area (Å²) in [6.07, 6.45) is 6.38. The normalized spacial score (nSPS) is 19.0. The Bertz CT molecular complexity index is 1010. The van der Waals surface area contributed by atoms with Crippen molar-refractivity contribution in [2.75, 3.05) is 11.1 Å². The van der Waals surface area contributed by atoms with Gasteiger partial charge in [-0.15, -0.1) is 11.8 Å². The number of rotatable bonds is 5. The number of anilines is 1. The van der Waals surface area contributed by atoms with Crippen LogP contribution in [0.15, 0.2) is 33.0 Å². The van der Waals surface area contributed by atoms with Crippen LogP contribution in [-0.4, -0.2) is 26.5 Å². The molecule has 1 aliphatic heterocycles. The summed E-state index contributed by atoms with van der Waals surface area (Å²) in [7, 11) is 0. The molecule has 0 spiro atoms. The Balaban J connectivity index is 1.56. The van der Waals surface area contributed by atoms with Gasteiger partial charge in [0.25, 0.3) is 5.56 Å². The summed E-state index contributed by atoms with van der Waals surface area (Å²) in [6.45, 7) is 6.19. The number of amides is 1. The first-order chi connectivity index (χ1) is 14.4. The van der Waals surface area contributed by atoms with Gasteiger partial charge in [0.1, 0.15) is 0 Å². The van der Waals surface area contributed by atoms with Crippen LogP contribution in [0, 0.1) is 13.8 Å². The summed E-state index contributed by atoms with van der Waals surface area (Å²) in [4.78, 5) is 31.7. The van der Waals surface area contributed by atoms with Gasteiger partial charge in [0.05, 0.1) is 16.3 Å². The van der Waals surface area contributed by atoms with Gasteiger partial charge in [0.15, 0.2) is 5.16 Å². The average Bonchev–Trinajstić information content (AvgIpc) is 3.11. The van der Waals surface area contributed by atoms with Gasteiger partial charge in [-0.2, -0.15) is 0 Å². The Hall–Kier alpha value is -1.73. The van der Waals surface area contributed by atoms with Crippen molar-refractivity contribution in [2.45, 2.75) is 80.6 Å². The standard InChI is InChI=1S/C23H29N3O2S2/c1-14-8-7-11-18(16(14)3)24-20(27)13-29-23-25-19-12-15(2)30-21(19)22(28)26(23)17-9-5-4-6-10-17/h7-8,11,15,17H,4-6,9-10,12-13H2,1-3H3,(H,24,27). The highest BCUT2D eigenvalue weighted by Gasteiger charge is 2.29. The molecule has 1 amide bonds. The first-order valence-electron chi connectivity index (χ1n) is 10.7. The highest BCUT2D eigenvalue weighted by molar-refractivity contribution is 8.00. The zero-order chi connectivity index (χ0) is 21.3. The topological polar surface area (TPSA) is 64.0 Å². The summed E-state index contributed by atoms with van der Waals surface area (Å²) in [5, 5.41) is 4.10. The Kier molecular flexibility index (Phi) is 6.58. The molecule has 1 N–H and O–H groups in total. The molecule has 1 aromatic heterocycles. The summed E-state index contributed by atoms with van der Waals surface area (Å²) < 4.78 is 1.90. The van der Waals surface area contributed by atoms with E-state index in [4.69, 9.17) is 4.98 Å². The van der Waals surface area contributed by atoms with Crippen LogP contribution in [0.5, 0.6) is 0 Å². The van der Waals surface area contributed by atoms with E-state index >= 15 is 0 Å². The van der Waals surface area contributed by atoms with Crippen molar-refractivity contribution in [1.82, 2.24) is 9.55 Å². The third kappa shape index (κ3) is 4.47. The second-order valence-corrected chi connectivity index (χ2v) is 10.7. The van der Waals surface area contributed by atoms with E-state index < -0.39 is 0 Å². The van der Waals surface area contributed by atoms with Crippen LogP contribution in [0.1, 0.15) is 61.9 Å². The van der Waals surface area contributed by atoms with E-state index in [1.54, 1.807) is 11.8 Å². The monoisotopic (exact) mass is 443 g/mol. The van der Waals surface area contributed by atoms with Crippen molar-refractivity contribution < 1.29 is 4.79 Å². The van der Waals surface area contributed by atoms with Crippen LogP contribution in [0.2, 0.25) is 0 Å². The number of thioether (sulfide) groups is 2. The first-order valence-corrected chi connectivity index (χ1v) is 12.6. The van der Waals surface area contributed by atoms with Gasteiger partial charge in [0.2, 0.25) is 5.91 Å². The van der Waals surface area contributed by atoms with Crippen LogP contribution in [0.4, 0.5) is 5.69 Å². The number of fused-ring (bicyclic) bond motifs is 1.